The maximum Gasteiger partial charge on any atom is 0.419 e. The lowest BCUT2D eigenvalue weighted by Crippen LogP contribution is -2.46. The van der Waals surface area contributed by atoms with Gasteiger partial charge in [0.05, 0.1) is 10.4 Å². The fourth-order valence-electron chi connectivity index (χ4n) is 2.31. The van der Waals surface area contributed by atoms with E-state index in [1.165, 1.54) is 21.0 Å². The fraction of sp³-hybridized carbons (Fsp3) is 0.417. The lowest BCUT2D eigenvalue weighted by molar-refractivity contribution is 0.360. The number of fused-ring (bicyclic) bond motifs is 1. The Kier molecular flexibility index (Phi) is 4.43. The number of hydrogen-bond donors (Lipinski definition) is 1. The van der Waals surface area contributed by atoms with Gasteiger partial charge in [-0.25, -0.2) is 13.2 Å². The molecular weight excluding hydrogens is 318 g/mol. The van der Waals surface area contributed by atoms with Crippen molar-refractivity contribution in [3.8, 4) is 0 Å². The first kappa shape index (κ1) is 16.0. The van der Waals surface area contributed by atoms with Crippen LogP contribution in [-0.2, 0) is 17.1 Å². The second kappa shape index (κ2) is 5.80. The zero-order chi connectivity index (χ0) is 14.3. The quantitative estimate of drug-likeness (QED) is 0.845. The van der Waals surface area contributed by atoms with Crippen LogP contribution in [0.2, 0.25) is 0 Å². The van der Waals surface area contributed by atoms with Gasteiger partial charge in [-0.05, 0) is 12.1 Å². The van der Waals surface area contributed by atoms with E-state index < -0.39 is 15.8 Å². The third-order valence-electron chi connectivity index (χ3n) is 3.48. The summed E-state index contributed by atoms with van der Waals surface area (Å²) in [6, 6.07) is 4.51. The highest BCUT2D eigenvalue weighted by atomic mass is 35.5. The maximum atomic E-state index is 12.5. The molecule has 0 saturated carbocycles. The average molecular weight is 334 g/mol. The highest BCUT2D eigenvalue weighted by Crippen LogP contribution is 2.21. The van der Waals surface area contributed by atoms with E-state index >= 15 is 0 Å². The number of nitrogens with zero attached hydrogens (tertiary/aromatic N) is 2. The van der Waals surface area contributed by atoms with Gasteiger partial charge in [0.2, 0.25) is 10.0 Å². The van der Waals surface area contributed by atoms with Crippen molar-refractivity contribution in [1.82, 2.24) is 14.2 Å². The Morgan fingerprint density at radius 1 is 1.24 bits per heavy atom. The van der Waals surface area contributed by atoms with Gasteiger partial charge in [0.15, 0.2) is 5.58 Å². The molecule has 21 heavy (non-hydrogen) atoms. The molecule has 1 N–H and O–H groups in total. The van der Waals surface area contributed by atoms with Crippen molar-refractivity contribution in [1.29, 1.82) is 0 Å². The number of nitrogens with one attached hydrogen (secondary N) is 1. The van der Waals surface area contributed by atoms with Crippen molar-refractivity contribution in [2.24, 2.45) is 7.05 Å². The van der Waals surface area contributed by atoms with Crippen LogP contribution in [0.25, 0.3) is 11.1 Å². The van der Waals surface area contributed by atoms with Crippen LogP contribution in [0.15, 0.2) is 32.3 Å². The van der Waals surface area contributed by atoms with E-state index in [9.17, 15) is 13.2 Å². The normalized spacial score (nSPS) is 16.8. The Morgan fingerprint density at radius 2 is 1.90 bits per heavy atom. The van der Waals surface area contributed by atoms with Gasteiger partial charge in [0, 0.05) is 39.3 Å². The molecule has 0 spiro atoms. The van der Waals surface area contributed by atoms with E-state index in [2.05, 4.69) is 5.32 Å². The molecule has 9 heteroatoms. The minimum atomic E-state index is -3.54. The Bertz CT molecular complexity index is 806. The first-order valence-corrected chi connectivity index (χ1v) is 7.74. The van der Waals surface area contributed by atoms with E-state index in [-0.39, 0.29) is 22.9 Å². The SMILES string of the molecule is Cl.Cn1c(=O)oc2cc(S(=O)(=O)N3CCNCC3)ccc21. The largest absolute Gasteiger partial charge is 0.419 e. The smallest absolute Gasteiger partial charge is 0.408 e. The lowest BCUT2D eigenvalue weighted by atomic mass is 10.3. The van der Waals surface area contributed by atoms with Gasteiger partial charge in [-0.15, -0.1) is 12.4 Å². The number of hydrogen-bond acceptors (Lipinski definition) is 5. The fourth-order valence-corrected chi connectivity index (χ4v) is 3.77. The van der Waals surface area contributed by atoms with Crippen LogP contribution in [-0.4, -0.2) is 43.5 Å². The third-order valence-corrected chi connectivity index (χ3v) is 5.37. The third kappa shape index (κ3) is 2.71. The summed E-state index contributed by atoms with van der Waals surface area (Å²) in [5, 5.41) is 3.11. The van der Waals surface area contributed by atoms with Gasteiger partial charge in [0.1, 0.15) is 0 Å². The molecule has 116 valence electrons. The Morgan fingerprint density at radius 3 is 2.57 bits per heavy atom. The van der Waals surface area contributed by atoms with E-state index in [4.69, 9.17) is 4.42 Å². The van der Waals surface area contributed by atoms with Crippen molar-refractivity contribution < 1.29 is 12.8 Å². The molecule has 1 saturated heterocycles. The second-order valence-electron chi connectivity index (χ2n) is 4.71. The number of halogens is 1. The van der Waals surface area contributed by atoms with Gasteiger partial charge in [-0.2, -0.15) is 4.31 Å². The molecule has 0 atom stereocenters. The van der Waals surface area contributed by atoms with Crippen molar-refractivity contribution in [3.63, 3.8) is 0 Å². The standard InChI is InChI=1S/C12H15N3O4S.ClH/c1-14-10-3-2-9(8-11(10)19-12(14)16)20(17,18)15-6-4-13-5-7-15;/h2-3,8,13H,4-7H2,1H3;1H. The molecule has 2 aromatic rings. The minimum absolute atomic E-state index is 0. The Balaban J connectivity index is 0.00000161. The summed E-state index contributed by atoms with van der Waals surface area (Å²) in [6.07, 6.45) is 0. The molecule has 0 radical (unpaired) electrons. The lowest BCUT2D eigenvalue weighted by Gasteiger charge is -2.26. The topological polar surface area (TPSA) is 84.5 Å². The monoisotopic (exact) mass is 333 g/mol. The highest BCUT2D eigenvalue weighted by Gasteiger charge is 2.26. The van der Waals surface area contributed by atoms with Crippen LogP contribution in [0.1, 0.15) is 0 Å². The minimum Gasteiger partial charge on any atom is -0.408 e. The van der Waals surface area contributed by atoms with Gasteiger partial charge in [-0.1, -0.05) is 0 Å². The van der Waals surface area contributed by atoms with Crippen molar-refractivity contribution in [3.05, 3.63) is 28.7 Å². The first-order valence-electron chi connectivity index (χ1n) is 6.30. The molecule has 7 nitrogen and oxygen atoms in total. The molecule has 1 aliphatic heterocycles. The summed E-state index contributed by atoms with van der Waals surface area (Å²) < 4.78 is 32.8. The number of sulfonamides is 1. The van der Waals surface area contributed by atoms with Crippen LogP contribution in [0, 0.1) is 0 Å². The predicted molar refractivity (Wildman–Crippen MR) is 80.3 cm³/mol. The summed E-state index contributed by atoms with van der Waals surface area (Å²) in [4.78, 5) is 11.6. The van der Waals surface area contributed by atoms with Crippen LogP contribution in [0.3, 0.4) is 0 Å². The zero-order valence-corrected chi connectivity index (χ0v) is 13.0. The zero-order valence-electron chi connectivity index (χ0n) is 11.4. The van der Waals surface area contributed by atoms with E-state index in [0.29, 0.717) is 31.7 Å². The van der Waals surface area contributed by atoms with E-state index in [1.54, 1.807) is 13.1 Å². The summed E-state index contributed by atoms with van der Waals surface area (Å²) in [7, 11) is -1.95. The molecule has 0 aliphatic carbocycles. The molecule has 0 bridgehead atoms. The molecule has 1 aromatic carbocycles. The van der Waals surface area contributed by atoms with Crippen LogP contribution >= 0.6 is 12.4 Å². The number of piperazine rings is 1. The highest BCUT2D eigenvalue weighted by molar-refractivity contribution is 7.89. The van der Waals surface area contributed by atoms with Gasteiger partial charge in [-0.3, -0.25) is 4.57 Å². The maximum absolute atomic E-state index is 12.5. The molecule has 1 fully saturated rings. The first-order chi connectivity index (χ1) is 9.50. The number of aryl methyl sites for hydroxylation is 1. The predicted octanol–water partition coefficient (Wildman–Crippen LogP) is 0.147. The number of aromatic nitrogens is 1. The van der Waals surface area contributed by atoms with Crippen molar-refractivity contribution >= 4 is 33.5 Å². The molecule has 2 heterocycles. The number of rotatable bonds is 2. The number of oxazole rings is 1. The van der Waals surface area contributed by atoms with Gasteiger partial charge < -0.3 is 9.73 Å². The summed E-state index contributed by atoms with van der Waals surface area (Å²) in [5.74, 6) is -0.503. The molecule has 0 amide bonds. The second-order valence-corrected chi connectivity index (χ2v) is 6.65. The molecular formula is C12H16ClN3O4S. The molecule has 0 unspecified atom stereocenters. The van der Waals surface area contributed by atoms with Crippen molar-refractivity contribution in [2.75, 3.05) is 26.2 Å². The van der Waals surface area contributed by atoms with Crippen molar-refractivity contribution in [2.45, 2.75) is 4.90 Å². The van der Waals surface area contributed by atoms with Gasteiger partial charge in [0.25, 0.3) is 0 Å². The van der Waals surface area contributed by atoms with Crippen LogP contribution in [0.5, 0.6) is 0 Å². The van der Waals surface area contributed by atoms with Crippen LogP contribution in [0.4, 0.5) is 0 Å². The number of benzene rings is 1. The van der Waals surface area contributed by atoms with Gasteiger partial charge >= 0.3 is 5.76 Å². The Hall–Kier alpha value is -1.35. The van der Waals surface area contributed by atoms with E-state index in [0.717, 1.165) is 0 Å². The average Bonchev–Trinajstić information content (AvgIpc) is 2.74. The molecule has 1 aromatic heterocycles. The summed E-state index contributed by atoms with van der Waals surface area (Å²) in [6.45, 7) is 2.17. The molecule has 3 rings (SSSR count). The van der Waals surface area contributed by atoms with Crippen LogP contribution < -0.4 is 11.1 Å². The summed E-state index contributed by atoms with van der Waals surface area (Å²) >= 11 is 0. The molecule has 1 aliphatic rings. The summed E-state index contributed by atoms with van der Waals surface area (Å²) in [5.41, 5.74) is 0.864. The Labute approximate surface area is 128 Å². The van der Waals surface area contributed by atoms with E-state index in [1.807, 2.05) is 0 Å².